The molecule has 12 nitrogen and oxygen atoms in total. The molecule has 4 atom stereocenters. The monoisotopic (exact) mass is 348 g/mol. The molecule has 132 valence electrons. The molecule has 2 aromatic heterocycles. The Morgan fingerprint density at radius 2 is 2.16 bits per heavy atom. The Balaban J connectivity index is 1.84. The summed E-state index contributed by atoms with van der Waals surface area (Å²) >= 11 is 0. The van der Waals surface area contributed by atoms with E-state index in [2.05, 4.69) is 25.0 Å². The minimum atomic E-state index is -1.62. The summed E-state index contributed by atoms with van der Waals surface area (Å²) in [6.45, 7) is 2.89. The van der Waals surface area contributed by atoms with E-state index in [0.29, 0.717) is 11.2 Å². The lowest BCUT2D eigenvalue weighted by Crippen LogP contribution is -2.44. The van der Waals surface area contributed by atoms with E-state index >= 15 is 0 Å². The standard InChI is InChI=1S/C13H16N8O4/c1-12(2)23-7-8(24-12)13(3-22,19-20-15)25-11(7)21-5-18-6-9(14)16-4-17-10(6)21/h4-5,7-8,11,22H,3H2,1-2H3,(H2,14,16,17)/t7-,8+,11?,13-/m1/s1. The Labute approximate surface area is 141 Å². The molecule has 4 heterocycles. The summed E-state index contributed by atoms with van der Waals surface area (Å²) in [4.78, 5) is 15.1. The van der Waals surface area contributed by atoms with E-state index in [1.54, 1.807) is 18.4 Å². The first-order valence-corrected chi connectivity index (χ1v) is 7.54. The predicted octanol–water partition coefficient (Wildman–Crippen LogP) is 0.456. The van der Waals surface area contributed by atoms with Crippen molar-refractivity contribution in [2.75, 3.05) is 12.3 Å². The molecule has 2 aliphatic heterocycles. The summed E-state index contributed by atoms with van der Waals surface area (Å²) in [7, 11) is 0. The Bertz CT molecular complexity index is 878. The number of rotatable bonds is 3. The van der Waals surface area contributed by atoms with Gasteiger partial charge in [0.2, 0.25) is 5.72 Å². The molecule has 0 aliphatic carbocycles. The summed E-state index contributed by atoms with van der Waals surface area (Å²) in [5.41, 5.74) is 13.9. The topological polar surface area (TPSA) is 166 Å². The molecule has 2 fully saturated rings. The number of ether oxygens (including phenoxy) is 3. The summed E-state index contributed by atoms with van der Waals surface area (Å²) in [5.74, 6) is -0.710. The molecular weight excluding hydrogens is 332 g/mol. The zero-order chi connectivity index (χ0) is 17.8. The van der Waals surface area contributed by atoms with Crippen molar-refractivity contribution in [3.8, 4) is 0 Å². The number of azide groups is 1. The number of fused-ring (bicyclic) bond motifs is 2. The molecular formula is C13H16N8O4. The van der Waals surface area contributed by atoms with E-state index in [-0.39, 0.29) is 5.82 Å². The highest BCUT2D eigenvalue weighted by atomic mass is 16.8. The minimum Gasteiger partial charge on any atom is -0.393 e. The van der Waals surface area contributed by atoms with Crippen LogP contribution in [0.25, 0.3) is 21.6 Å². The van der Waals surface area contributed by atoms with Gasteiger partial charge in [0.1, 0.15) is 24.1 Å². The maximum Gasteiger partial charge on any atom is 0.201 e. The van der Waals surface area contributed by atoms with Crippen LogP contribution in [0.15, 0.2) is 17.8 Å². The quantitative estimate of drug-likeness (QED) is 0.458. The van der Waals surface area contributed by atoms with Gasteiger partial charge in [-0.3, -0.25) is 4.57 Å². The van der Waals surface area contributed by atoms with Crippen LogP contribution < -0.4 is 5.73 Å². The van der Waals surface area contributed by atoms with Crippen molar-refractivity contribution in [2.45, 2.75) is 43.8 Å². The molecule has 0 amide bonds. The molecule has 4 rings (SSSR count). The maximum atomic E-state index is 9.84. The Morgan fingerprint density at radius 3 is 2.88 bits per heavy atom. The fourth-order valence-electron chi connectivity index (χ4n) is 3.28. The van der Waals surface area contributed by atoms with E-state index in [9.17, 15) is 5.11 Å². The molecule has 2 saturated heterocycles. The molecule has 12 heteroatoms. The highest BCUT2D eigenvalue weighted by molar-refractivity contribution is 5.81. The van der Waals surface area contributed by atoms with Gasteiger partial charge in [-0.1, -0.05) is 5.11 Å². The Morgan fingerprint density at radius 1 is 1.36 bits per heavy atom. The van der Waals surface area contributed by atoms with Gasteiger partial charge in [0.05, 0.1) is 12.9 Å². The van der Waals surface area contributed by atoms with Gasteiger partial charge in [-0.15, -0.1) is 0 Å². The van der Waals surface area contributed by atoms with Crippen molar-refractivity contribution in [1.82, 2.24) is 19.5 Å². The number of hydrogen-bond donors (Lipinski definition) is 2. The average molecular weight is 348 g/mol. The fourth-order valence-corrected chi connectivity index (χ4v) is 3.28. The molecule has 0 spiro atoms. The van der Waals surface area contributed by atoms with Crippen molar-refractivity contribution >= 4 is 17.0 Å². The van der Waals surface area contributed by atoms with Crippen molar-refractivity contribution in [3.63, 3.8) is 0 Å². The van der Waals surface area contributed by atoms with Gasteiger partial charge in [0.25, 0.3) is 0 Å². The lowest BCUT2D eigenvalue weighted by Gasteiger charge is -2.29. The second-order valence-electron chi connectivity index (χ2n) is 6.30. The van der Waals surface area contributed by atoms with E-state index in [1.165, 1.54) is 12.7 Å². The van der Waals surface area contributed by atoms with Gasteiger partial charge in [-0.2, -0.15) is 0 Å². The minimum absolute atomic E-state index is 0.227. The first-order chi connectivity index (χ1) is 11.9. The average Bonchev–Trinajstić information content (AvgIpc) is 3.20. The smallest absolute Gasteiger partial charge is 0.201 e. The van der Waals surface area contributed by atoms with Crippen molar-refractivity contribution in [1.29, 1.82) is 0 Å². The number of aliphatic hydroxyl groups excluding tert-OH is 1. The number of hydrogen-bond acceptors (Lipinski definition) is 9. The number of aromatic nitrogens is 4. The first-order valence-electron chi connectivity index (χ1n) is 7.54. The van der Waals surface area contributed by atoms with Gasteiger partial charge < -0.3 is 25.1 Å². The Hall–Kier alpha value is -2.50. The summed E-state index contributed by atoms with van der Waals surface area (Å²) in [6.07, 6.45) is 0.552. The third-order valence-corrected chi connectivity index (χ3v) is 4.28. The number of aliphatic hydroxyl groups is 1. The van der Waals surface area contributed by atoms with Crippen LogP contribution in [0, 0.1) is 0 Å². The maximum absolute atomic E-state index is 9.84. The second-order valence-corrected chi connectivity index (χ2v) is 6.30. The Kier molecular flexibility index (Phi) is 3.36. The van der Waals surface area contributed by atoms with Crippen LogP contribution in [0.1, 0.15) is 20.1 Å². The molecule has 2 aromatic rings. The molecule has 1 unspecified atom stereocenters. The van der Waals surface area contributed by atoms with Crippen LogP contribution in [-0.4, -0.2) is 55.0 Å². The highest BCUT2D eigenvalue weighted by Crippen LogP contribution is 2.49. The number of anilines is 1. The van der Waals surface area contributed by atoms with Gasteiger partial charge in [0.15, 0.2) is 23.5 Å². The fraction of sp³-hybridized carbons (Fsp3) is 0.615. The van der Waals surface area contributed by atoms with Gasteiger partial charge in [-0.05, 0) is 19.4 Å². The molecule has 0 aromatic carbocycles. The lowest BCUT2D eigenvalue weighted by molar-refractivity contribution is -0.225. The third-order valence-electron chi connectivity index (χ3n) is 4.28. The molecule has 0 saturated carbocycles. The lowest BCUT2D eigenvalue weighted by atomic mass is 10.1. The highest BCUT2D eigenvalue weighted by Gasteiger charge is 2.63. The number of nitrogen functional groups attached to an aromatic ring is 1. The van der Waals surface area contributed by atoms with Crippen LogP contribution >= 0.6 is 0 Å². The van der Waals surface area contributed by atoms with Gasteiger partial charge in [-0.25, -0.2) is 15.0 Å². The summed E-state index contributed by atoms with van der Waals surface area (Å²) in [5, 5.41) is 13.5. The van der Waals surface area contributed by atoms with Crippen LogP contribution in [0.4, 0.5) is 5.82 Å². The van der Waals surface area contributed by atoms with Crippen molar-refractivity contribution in [3.05, 3.63) is 23.1 Å². The van der Waals surface area contributed by atoms with E-state index in [4.69, 9.17) is 25.5 Å². The van der Waals surface area contributed by atoms with Crippen molar-refractivity contribution < 1.29 is 19.3 Å². The molecule has 0 bridgehead atoms. The second kappa shape index (κ2) is 5.25. The zero-order valence-corrected chi connectivity index (χ0v) is 13.5. The molecule has 3 N–H and O–H groups in total. The SMILES string of the molecule is CC1(C)O[C@H]2C(n3cnc4c(N)ncnc43)O[C@@](CO)(N=[N+]=[N-])[C@H]2O1. The number of imidazole rings is 1. The molecule has 0 radical (unpaired) electrons. The molecule has 25 heavy (non-hydrogen) atoms. The van der Waals surface area contributed by atoms with Crippen LogP contribution in [0.5, 0.6) is 0 Å². The van der Waals surface area contributed by atoms with Gasteiger partial charge >= 0.3 is 0 Å². The van der Waals surface area contributed by atoms with Crippen molar-refractivity contribution in [2.24, 2.45) is 5.11 Å². The third kappa shape index (κ3) is 2.23. The largest absolute Gasteiger partial charge is 0.393 e. The normalized spacial score (nSPS) is 33.3. The number of nitrogens with two attached hydrogens (primary N) is 1. The zero-order valence-electron chi connectivity index (χ0n) is 13.5. The number of nitrogens with zero attached hydrogens (tertiary/aromatic N) is 7. The van der Waals surface area contributed by atoms with E-state index < -0.39 is 36.6 Å². The van der Waals surface area contributed by atoms with E-state index in [1.807, 2.05) is 0 Å². The van der Waals surface area contributed by atoms with Crippen LogP contribution in [-0.2, 0) is 14.2 Å². The first kappa shape index (κ1) is 16.0. The van der Waals surface area contributed by atoms with Crippen LogP contribution in [0.2, 0.25) is 0 Å². The summed E-state index contributed by atoms with van der Waals surface area (Å²) < 4.78 is 19.2. The van der Waals surface area contributed by atoms with Gasteiger partial charge in [0, 0.05) is 4.91 Å². The summed E-state index contributed by atoms with van der Waals surface area (Å²) in [6, 6.07) is 0. The predicted molar refractivity (Wildman–Crippen MR) is 82.6 cm³/mol. The van der Waals surface area contributed by atoms with E-state index in [0.717, 1.165) is 0 Å². The molecule has 2 aliphatic rings. The van der Waals surface area contributed by atoms with Crippen LogP contribution in [0.3, 0.4) is 0 Å².